The summed E-state index contributed by atoms with van der Waals surface area (Å²) in [6.07, 6.45) is 0.999. The lowest BCUT2D eigenvalue weighted by molar-refractivity contribution is 0.196. The van der Waals surface area contributed by atoms with Gasteiger partial charge in [0.25, 0.3) is 0 Å². The van der Waals surface area contributed by atoms with Crippen molar-refractivity contribution in [3.05, 3.63) is 53.8 Å². The van der Waals surface area contributed by atoms with Gasteiger partial charge >= 0.3 is 0 Å². The van der Waals surface area contributed by atoms with Crippen molar-refractivity contribution in [3.63, 3.8) is 0 Å². The van der Waals surface area contributed by atoms with Crippen molar-refractivity contribution >= 4 is 12.4 Å². The lowest BCUT2D eigenvalue weighted by Gasteiger charge is -2.32. The van der Waals surface area contributed by atoms with Crippen LogP contribution in [-0.2, 0) is 0 Å². The molecule has 0 aromatic heterocycles. The number of phenols is 1. The number of methoxy groups -OCH3 is 1. The molecule has 0 amide bonds. The average Bonchev–Trinajstić information content (AvgIpc) is 2.62. The predicted molar refractivity (Wildman–Crippen MR) is 97.5 cm³/mol. The van der Waals surface area contributed by atoms with Crippen LogP contribution >= 0.6 is 12.4 Å². The fourth-order valence-electron chi connectivity index (χ4n) is 3.20. The van der Waals surface area contributed by atoms with Crippen LogP contribution in [0, 0.1) is 11.7 Å². The van der Waals surface area contributed by atoms with E-state index in [1.54, 1.807) is 18.2 Å². The molecule has 0 bridgehead atoms. The summed E-state index contributed by atoms with van der Waals surface area (Å²) >= 11 is 0. The summed E-state index contributed by atoms with van der Waals surface area (Å²) in [4.78, 5) is 0. The van der Waals surface area contributed by atoms with Crippen molar-refractivity contribution < 1.29 is 19.0 Å². The van der Waals surface area contributed by atoms with E-state index in [-0.39, 0.29) is 24.0 Å². The zero-order valence-corrected chi connectivity index (χ0v) is 14.9. The van der Waals surface area contributed by atoms with Crippen molar-refractivity contribution in [3.8, 4) is 17.2 Å². The molecule has 0 radical (unpaired) electrons. The first kappa shape index (κ1) is 19.3. The third-order valence-electron chi connectivity index (χ3n) is 4.52. The molecule has 1 saturated heterocycles. The first-order chi connectivity index (χ1) is 11.7. The van der Waals surface area contributed by atoms with Gasteiger partial charge in [0.05, 0.1) is 13.7 Å². The SMILES string of the molecule is COc1cc(OC[C@@H]2CNCC[C@H]2c2ccc(F)cc2)ccc1O.Cl. The van der Waals surface area contributed by atoms with Gasteiger partial charge in [0.15, 0.2) is 11.5 Å². The monoisotopic (exact) mass is 367 g/mol. The van der Waals surface area contributed by atoms with Crippen LogP contribution in [0.15, 0.2) is 42.5 Å². The number of phenolic OH excluding ortho intramolecular Hbond substituents is 1. The molecule has 1 aliphatic heterocycles. The van der Waals surface area contributed by atoms with E-state index in [0.717, 1.165) is 25.1 Å². The summed E-state index contributed by atoms with van der Waals surface area (Å²) in [5, 5.41) is 13.0. The summed E-state index contributed by atoms with van der Waals surface area (Å²) in [6, 6.07) is 11.7. The highest BCUT2D eigenvalue weighted by Crippen LogP contribution is 2.33. The van der Waals surface area contributed by atoms with Crippen LogP contribution in [0.2, 0.25) is 0 Å². The molecule has 0 aliphatic carbocycles. The lowest BCUT2D eigenvalue weighted by Crippen LogP contribution is -2.38. The highest BCUT2D eigenvalue weighted by atomic mass is 35.5. The maximum atomic E-state index is 13.2. The first-order valence-electron chi connectivity index (χ1n) is 8.13. The number of piperidine rings is 1. The third-order valence-corrected chi connectivity index (χ3v) is 4.52. The number of ether oxygens (including phenoxy) is 2. The van der Waals surface area contributed by atoms with E-state index in [0.29, 0.717) is 29.9 Å². The fourth-order valence-corrected chi connectivity index (χ4v) is 3.20. The zero-order chi connectivity index (χ0) is 16.9. The second kappa shape index (κ2) is 8.92. The predicted octanol–water partition coefficient (Wildman–Crippen LogP) is 3.73. The highest BCUT2D eigenvalue weighted by molar-refractivity contribution is 5.85. The number of hydrogen-bond acceptors (Lipinski definition) is 4. The van der Waals surface area contributed by atoms with Gasteiger partial charge in [-0.05, 0) is 48.7 Å². The molecule has 1 heterocycles. The minimum atomic E-state index is -0.211. The minimum absolute atomic E-state index is 0. The Morgan fingerprint density at radius 1 is 1.20 bits per heavy atom. The molecule has 2 atom stereocenters. The summed E-state index contributed by atoms with van der Waals surface area (Å²) in [7, 11) is 1.51. The number of nitrogens with one attached hydrogen (secondary N) is 1. The van der Waals surface area contributed by atoms with E-state index in [1.807, 2.05) is 12.1 Å². The molecule has 0 unspecified atom stereocenters. The molecular formula is C19H23ClFNO3. The van der Waals surface area contributed by atoms with Crippen LogP contribution in [0.4, 0.5) is 4.39 Å². The van der Waals surface area contributed by atoms with Gasteiger partial charge in [0, 0.05) is 18.5 Å². The van der Waals surface area contributed by atoms with E-state index in [2.05, 4.69) is 5.32 Å². The molecule has 0 saturated carbocycles. The largest absolute Gasteiger partial charge is 0.504 e. The smallest absolute Gasteiger partial charge is 0.164 e. The Morgan fingerprint density at radius 3 is 2.68 bits per heavy atom. The van der Waals surface area contributed by atoms with Crippen LogP contribution in [0.1, 0.15) is 17.9 Å². The second-order valence-electron chi connectivity index (χ2n) is 6.06. The normalized spacial score (nSPS) is 19.8. The van der Waals surface area contributed by atoms with Gasteiger partial charge in [0.1, 0.15) is 11.6 Å². The van der Waals surface area contributed by atoms with Crippen LogP contribution in [0.25, 0.3) is 0 Å². The molecule has 4 nitrogen and oxygen atoms in total. The van der Waals surface area contributed by atoms with Gasteiger partial charge in [-0.2, -0.15) is 0 Å². The second-order valence-corrected chi connectivity index (χ2v) is 6.06. The summed E-state index contributed by atoms with van der Waals surface area (Å²) in [5.74, 6) is 1.57. The lowest BCUT2D eigenvalue weighted by atomic mass is 9.81. The standard InChI is InChI=1S/C19H22FNO3.ClH/c1-23-19-10-16(6-7-18(19)22)24-12-14-11-21-9-8-17(14)13-2-4-15(20)5-3-13;/h2-7,10,14,17,21-22H,8-9,11-12H2,1H3;1H/t14-,17-;/m0./s1. The molecule has 2 aromatic rings. The Morgan fingerprint density at radius 2 is 1.96 bits per heavy atom. The maximum Gasteiger partial charge on any atom is 0.164 e. The Kier molecular flexibility index (Phi) is 6.91. The van der Waals surface area contributed by atoms with Crippen LogP contribution in [0.5, 0.6) is 17.2 Å². The van der Waals surface area contributed by atoms with Gasteiger partial charge in [-0.15, -0.1) is 12.4 Å². The Hall–Kier alpha value is -1.98. The zero-order valence-electron chi connectivity index (χ0n) is 14.1. The van der Waals surface area contributed by atoms with E-state index in [9.17, 15) is 9.50 Å². The van der Waals surface area contributed by atoms with E-state index < -0.39 is 0 Å². The van der Waals surface area contributed by atoms with Gasteiger partial charge in [-0.25, -0.2) is 4.39 Å². The van der Waals surface area contributed by atoms with Crippen molar-refractivity contribution in [1.82, 2.24) is 5.32 Å². The number of halogens is 2. The van der Waals surface area contributed by atoms with Crippen LogP contribution in [-0.4, -0.2) is 31.9 Å². The van der Waals surface area contributed by atoms with Gasteiger partial charge in [-0.1, -0.05) is 12.1 Å². The van der Waals surface area contributed by atoms with Gasteiger partial charge in [0.2, 0.25) is 0 Å². The van der Waals surface area contributed by atoms with Crippen LogP contribution < -0.4 is 14.8 Å². The van der Waals surface area contributed by atoms with Crippen LogP contribution in [0.3, 0.4) is 0 Å². The maximum absolute atomic E-state index is 13.2. The minimum Gasteiger partial charge on any atom is -0.504 e. The topological polar surface area (TPSA) is 50.7 Å². The molecular weight excluding hydrogens is 345 g/mol. The van der Waals surface area contributed by atoms with E-state index >= 15 is 0 Å². The fraction of sp³-hybridized carbons (Fsp3) is 0.368. The average molecular weight is 368 g/mol. The van der Waals surface area contributed by atoms with Gasteiger partial charge < -0.3 is 19.9 Å². The van der Waals surface area contributed by atoms with Gasteiger partial charge in [-0.3, -0.25) is 0 Å². The molecule has 1 aliphatic rings. The Balaban J connectivity index is 0.00000225. The van der Waals surface area contributed by atoms with E-state index in [4.69, 9.17) is 9.47 Å². The Bertz CT molecular complexity index is 681. The molecule has 136 valence electrons. The molecule has 2 N–H and O–H groups in total. The molecule has 2 aromatic carbocycles. The number of rotatable bonds is 5. The van der Waals surface area contributed by atoms with Crippen molar-refractivity contribution in [2.24, 2.45) is 5.92 Å². The van der Waals surface area contributed by atoms with Crippen molar-refractivity contribution in [2.45, 2.75) is 12.3 Å². The number of benzene rings is 2. The van der Waals surface area contributed by atoms with Crippen molar-refractivity contribution in [2.75, 3.05) is 26.8 Å². The Labute approximate surface area is 153 Å². The molecule has 1 fully saturated rings. The molecule has 3 rings (SSSR count). The van der Waals surface area contributed by atoms with Crippen molar-refractivity contribution in [1.29, 1.82) is 0 Å². The van der Waals surface area contributed by atoms with E-state index in [1.165, 1.54) is 19.2 Å². The molecule has 0 spiro atoms. The summed E-state index contributed by atoms with van der Waals surface area (Å²) in [6.45, 7) is 2.35. The highest BCUT2D eigenvalue weighted by Gasteiger charge is 2.27. The number of aromatic hydroxyl groups is 1. The molecule has 25 heavy (non-hydrogen) atoms. The summed E-state index contributed by atoms with van der Waals surface area (Å²) < 4.78 is 24.2. The summed E-state index contributed by atoms with van der Waals surface area (Å²) in [5.41, 5.74) is 1.15. The quantitative estimate of drug-likeness (QED) is 0.845. The number of hydrogen-bond donors (Lipinski definition) is 2. The third kappa shape index (κ3) is 4.77. The first-order valence-corrected chi connectivity index (χ1v) is 8.13. The molecule has 6 heteroatoms.